The number of alkyl halides is 3. The molecule has 1 heterocycles. The predicted octanol–water partition coefficient (Wildman–Crippen LogP) is 5.22. The van der Waals surface area contributed by atoms with Crippen molar-refractivity contribution < 1.29 is 22.6 Å². The number of benzene rings is 2. The lowest BCUT2D eigenvalue weighted by Crippen LogP contribution is -2.11. The number of aromatic nitrogens is 3. The molecular formula is C20H21F3N4O2. The van der Waals surface area contributed by atoms with Crippen LogP contribution in [-0.2, 0) is 6.18 Å². The van der Waals surface area contributed by atoms with Crippen LogP contribution in [0.1, 0.15) is 24.1 Å². The summed E-state index contributed by atoms with van der Waals surface area (Å²) < 4.78 is 49.8. The van der Waals surface area contributed by atoms with E-state index in [9.17, 15) is 13.2 Å². The van der Waals surface area contributed by atoms with Crippen molar-refractivity contribution in [3.05, 3.63) is 59.9 Å². The zero-order valence-corrected chi connectivity index (χ0v) is 16.1. The highest BCUT2D eigenvalue weighted by Crippen LogP contribution is 2.35. The smallest absolute Gasteiger partial charge is 0.416 e. The lowest BCUT2D eigenvalue weighted by atomic mass is 10.0. The van der Waals surface area contributed by atoms with Gasteiger partial charge in [-0.3, -0.25) is 10.1 Å². The summed E-state index contributed by atoms with van der Waals surface area (Å²) in [5, 5.41) is 9.74. The SMILES string of the molecule is COc1cc2ncc[nH][nH]c(N[C@H](C)c3cccc(C(F)(F)F)c3)c2cc1OC. The van der Waals surface area contributed by atoms with Crippen molar-refractivity contribution in [1.82, 2.24) is 15.2 Å². The lowest BCUT2D eigenvalue weighted by Gasteiger charge is -2.18. The molecule has 2 aromatic carbocycles. The number of H-pyrrole nitrogens is 2. The summed E-state index contributed by atoms with van der Waals surface area (Å²) in [4.78, 5) is 4.38. The number of nitrogens with zero attached hydrogens (tertiary/aromatic N) is 1. The Morgan fingerprint density at radius 3 is 2.48 bits per heavy atom. The Morgan fingerprint density at radius 2 is 1.79 bits per heavy atom. The highest BCUT2D eigenvalue weighted by atomic mass is 19.4. The molecule has 0 spiro atoms. The van der Waals surface area contributed by atoms with Crippen LogP contribution in [0, 0.1) is 0 Å². The lowest BCUT2D eigenvalue weighted by molar-refractivity contribution is -0.137. The molecule has 0 aliphatic carbocycles. The molecule has 1 aromatic heterocycles. The average molecular weight is 406 g/mol. The van der Waals surface area contributed by atoms with Gasteiger partial charge in [0.1, 0.15) is 5.82 Å². The molecule has 3 aromatic rings. The molecule has 3 rings (SSSR count). The Labute approximate surface area is 165 Å². The van der Waals surface area contributed by atoms with Crippen LogP contribution < -0.4 is 14.8 Å². The van der Waals surface area contributed by atoms with Gasteiger partial charge in [-0.05, 0) is 30.7 Å². The highest BCUT2D eigenvalue weighted by Gasteiger charge is 2.30. The third kappa shape index (κ3) is 4.56. The molecule has 0 radical (unpaired) electrons. The summed E-state index contributed by atoms with van der Waals surface area (Å²) in [7, 11) is 3.05. The zero-order valence-electron chi connectivity index (χ0n) is 16.1. The summed E-state index contributed by atoms with van der Waals surface area (Å²) in [6, 6.07) is 8.26. The van der Waals surface area contributed by atoms with Gasteiger partial charge >= 0.3 is 6.18 Å². The van der Waals surface area contributed by atoms with Gasteiger partial charge in [0.15, 0.2) is 11.5 Å². The standard InChI is InChI=1S/C20H21F3N4O2/c1-12(13-5-4-6-14(9-13)20(21,22)23)26-19-15-10-17(28-2)18(29-3)11-16(15)24-7-8-25-27-19/h4-12,25-27H,1-3H3/t12-/m1/s1. The molecule has 0 fully saturated rings. The summed E-state index contributed by atoms with van der Waals surface area (Å²) in [6.07, 6.45) is -1.23. The number of ether oxygens (including phenoxy) is 2. The number of anilines is 1. The van der Waals surface area contributed by atoms with Crippen LogP contribution in [0.5, 0.6) is 11.5 Å². The van der Waals surface area contributed by atoms with E-state index < -0.39 is 17.8 Å². The summed E-state index contributed by atoms with van der Waals surface area (Å²) in [6.45, 7) is 1.77. The van der Waals surface area contributed by atoms with Crippen LogP contribution in [0.3, 0.4) is 0 Å². The van der Waals surface area contributed by atoms with E-state index in [0.717, 1.165) is 12.1 Å². The van der Waals surface area contributed by atoms with Crippen molar-refractivity contribution in [3.8, 4) is 11.5 Å². The van der Waals surface area contributed by atoms with E-state index in [1.165, 1.54) is 20.3 Å². The van der Waals surface area contributed by atoms with Gasteiger partial charge in [0.05, 0.1) is 25.3 Å². The number of nitrogens with one attached hydrogen (secondary N) is 3. The van der Waals surface area contributed by atoms with Crippen LogP contribution in [0.4, 0.5) is 19.0 Å². The number of halogens is 3. The minimum absolute atomic E-state index is 0.425. The van der Waals surface area contributed by atoms with Gasteiger partial charge in [0.2, 0.25) is 0 Å². The van der Waals surface area contributed by atoms with Gasteiger partial charge in [-0.25, -0.2) is 0 Å². The van der Waals surface area contributed by atoms with E-state index in [1.54, 1.807) is 37.5 Å². The first-order valence-corrected chi connectivity index (χ1v) is 8.78. The highest BCUT2D eigenvalue weighted by molar-refractivity contribution is 5.91. The molecule has 6 nitrogen and oxygen atoms in total. The first-order chi connectivity index (χ1) is 13.8. The molecule has 0 saturated carbocycles. The van der Waals surface area contributed by atoms with E-state index in [2.05, 4.69) is 20.5 Å². The predicted molar refractivity (Wildman–Crippen MR) is 105 cm³/mol. The fourth-order valence-corrected chi connectivity index (χ4v) is 2.91. The molecule has 0 aliphatic rings. The summed E-state index contributed by atoms with van der Waals surface area (Å²) in [5.41, 5.74) is 0.402. The minimum Gasteiger partial charge on any atom is -0.493 e. The average Bonchev–Trinajstić information content (AvgIpc) is 2.69. The maximum absolute atomic E-state index is 13.0. The number of aromatic amines is 2. The van der Waals surface area contributed by atoms with Crippen molar-refractivity contribution in [2.45, 2.75) is 19.1 Å². The van der Waals surface area contributed by atoms with Gasteiger partial charge in [-0.15, -0.1) is 0 Å². The number of hydrogen-bond donors (Lipinski definition) is 3. The van der Waals surface area contributed by atoms with Crippen LogP contribution in [-0.4, -0.2) is 29.4 Å². The van der Waals surface area contributed by atoms with Crippen LogP contribution in [0.2, 0.25) is 0 Å². The quantitative estimate of drug-likeness (QED) is 0.543. The van der Waals surface area contributed by atoms with E-state index >= 15 is 0 Å². The topological polar surface area (TPSA) is 75.0 Å². The van der Waals surface area contributed by atoms with Gasteiger partial charge in [0, 0.05) is 29.9 Å². The van der Waals surface area contributed by atoms with E-state index in [1.807, 2.05) is 0 Å². The third-order valence-electron chi connectivity index (χ3n) is 4.41. The molecule has 1 atom stereocenters. The molecule has 0 amide bonds. The molecule has 3 N–H and O–H groups in total. The molecule has 0 aliphatic heterocycles. The van der Waals surface area contributed by atoms with Crippen LogP contribution in [0.15, 0.2) is 48.8 Å². The molecule has 154 valence electrons. The molecule has 0 unspecified atom stereocenters. The number of methoxy groups -OCH3 is 2. The van der Waals surface area contributed by atoms with E-state index in [-0.39, 0.29) is 0 Å². The molecular weight excluding hydrogens is 385 g/mol. The second-order valence-electron chi connectivity index (χ2n) is 6.30. The maximum Gasteiger partial charge on any atom is 0.416 e. The first-order valence-electron chi connectivity index (χ1n) is 8.78. The largest absolute Gasteiger partial charge is 0.493 e. The number of rotatable bonds is 5. The summed E-state index contributed by atoms with van der Waals surface area (Å²) >= 11 is 0. The van der Waals surface area contributed by atoms with Gasteiger partial charge in [-0.2, -0.15) is 13.2 Å². The Kier molecular flexibility index (Phi) is 5.86. The Hall–Kier alpha value is -3.36. The fraction of sp³-hybridized carbons (Fsp3) is 0.250. The minimum atomic E-state index is -4.40. The van der Waals surface area contributed by atoms with Gasteiger partial charge < -0.3 is 19.9 Å². The Morgan fingerprint density at radius 1 is 1.07 bits per heavy atom. The second-order valence-corrected chi connectivity index (χ2v) is 6.30. The Bertz CT molecular complexity index is 1040. The van der Waals surface area contributed by atoms with E-state index in [0.29, 0.717) is 33.8 Å². The zero-order chi connectivity index (χ0) is 21.0. The molecule has 29 heavy (non-hydrogen) atoms. The number of fused-ring (bicyclic) bond motifs is 1. The summed E-state index contributed by atoms with van der Waals surface area (Å²) in [5.74, 6) is 1.54. The van der Waals surface area contributed by atoms with Crippen molar-refractivity contribution in [1.29, 1.82) is 0 Å². The Balaban J connectivity index is 2.07. The third-order valence-corrected chi connectivity index (χ3v) is 4.41. The maximum atomic E-state index is 13.0. The van der Waals surface area contributed by atoms with Crippen molar-refractivity contribution in [3.63, 3.8) is 0 Å². The number of hydrogen-bond acceptors (Lipinski definition) is 4. The normalized spacial score (nSPS) is 12.3. The van der Waals surface area contributed by atoms with Crippen molar-refractivity contribution in [2.75, 3.05) is 19.5 Å². The molecule has 0 bridgehead atoms. The fourth-order valence-electron chi connectivity index (χ4n) is 2.91. The first kappa shape index (κ1) is 20.4. The molecule has 0 saturated heterocycles. The van der Waals surface area contributed by atoms with Crippen molar-refractivity contribution in [2.24, 2.45) is 0 Å². The van der Waals surface area contributed by atoms with Crippen molar-refractivity contribution >= 4 is 16.7 Å². The van der Waals surface area contributed by atoms with E-state index in [4.69, 9.17) is 9.47 Å². The van der Waals surface area contributed by atoms with Gasteiger partial charge in [0.25, 0.3) is 0 Å². The molecule has 9 heteroatoms. The monoisotopic (exact) mass is 406 g/mol. The van der Waals surface area contributed by atoms with Crippen LogP contribution in [0.25, 0.3) is 10.9 Å². The second kappa shape index (κ2) is 8.34. The van der Waals surface area contributed by atoms with Crippen LogP contribution >= 0.6 is 0 Å². The van der Waals surface area contributed by atoms with Gasteiger partial charge in [-0.1, -0.05) is 12.1 Å².